The van der Waals surface area contributed by atoms with Gasteiger partial charge >= 0.3 is 0 Å². The van der Waals surface area contributed by atoms with Crippen molar-refractivity contribution in [2.24, 2.45) is 5.92 Å². The van der Waals surface area contributed by atoms with Crippen molar-refractivity contribution in [2.45, 2.75) is 25.5 Å². The monoisotopic (exact) mass is 239 g/mol. The van der Waals surface area contributed by atoms with E-state index in [0.29, 0.717) is 18.1 Å². The Morgan fingerprint density at radius 3 is 2.75 bits per heavy atom. The van der Waals surface area contributed by atoms with Gasteiger partial charge in [0.25, 0.3) is 0 Å². The molecule has 1 aliphatic heterocycles. The molecule has 1 heterocycles. The summed E-state index contributed by atoms with van der Waals surface area (Å²) in [7, 11) is 1.98. The standard InChI is InChI=1S/C13H18ClNO/c1-9-7-10(8-16-9)13(15-2)11-5-3-4-6-12(11)14/h3-6,9-10,13,15H,7-8H2,1-2H3. The summed E-state index contributed by atoms with van der Waals surface area (Å²) in [6.07, 6.45) is 1.46. The van der Waals surface area contributed by atoms with Crippen molar-refractivity contribution >= 4 is 11.6 Å². The van der Waals surface area contributed by atoms with Gasteiger partial charge < -0.3 is 10.1 Å². The van der Waals surface area contributed by atoms with Crippen LogP contribution in [0.1, 0.15) is 24.9 Å². The van der Waals surface area contributed by atoms with Crippen LogP contribution in [0.3, 0.4) is 0 Å². The van der Waals surface area contributed by atoms with Crippen LogP contribution in [0.2, 0.25) is 5.02 Å². The fourth-order valence-electron chi connectivity index (χ4n) is 2.46. The summed E-state index contributed by atoms with van der Waals surface area (Å²) in [5.74, 6) is 0.514. The molecule has 0 spiro atoms. The molecule has 1 saturated heterocycles. The quantitative estimate of drug-likeness (QED) is 0.876. The minimum absolute atomic E-state index is 0.290. The van der Waals surface area contributed by atoms with E-state index < -0.39 is 0 Å². The van der Waals surface area contributed by atoms with Crippen molar-refractivity contribution in [3.8, 4) is 0 Å². The number of rotatable bonds is 3. The van der Waals surface area contributed by atoms with Gasteiger partial charge in [-0.25, -0.2) is 0 Å². The molecular formula is C13H18ClNO. The van der Waals surface area contributed by atoms with Crippen LogP contribution in [-0.2, 0) is 4.74 Å². The Hall–Kier alpha value is -0.570. The molecule has 16 heavy (non-hydrogen) atoms. The zero-order valence-electron chi connectivity index (χ0n) is 9.74. The molecule has 3 unspecified atom stereocenters. The van der Waals surface area contributed by atoms with Crippen LogP contribution < -0.4 is 5.32 Å². The first-order valence-electron chi connectivity index (χ1n) is 5.75. The van der Waals surface area contributed by atoms with E-state index in [0.717, 1.165) is 18.1 Å². The Labute approximate surface area is 102 Å². The van der Waals surface area contributed by atoms with Gasteiger partial charge in [0.2, 0.25) is 0 Å². The molecule has 1 aliphatic rings. The third-order valence-electron chi connectivity index (χ3n) is 3.25. The molecule has 2 nitrogen and oxygen atoms in total. The van der Waals surface area contributed by atoms with Gasteiger partial charge in [0.1, 0.15) is 0 Å². The van der Waals surface area contributed by atoms with Gasteiger partial charge in [0.15, 0.2) is 0 Å². The number of ether oxygens (including phenoxy) is 1. The molecule has 0 radical (unpaired) electrons. The second-order valence-electron chi connectivity index (χ2n) is 4.43. The maximum absolute atomic E-state index is 6.23. The van der Waals surface area contributed by atoms with E-state index in [1.807, 2.05) is 25.2 Å². The van der Waals surface area contributed by atoms with Crippen molar-refractivity contribution in [3.63, 3.8) is 0 Å². The molecule has 0 saturated carbocycles. The average molecular weight is 240 g/mol. The lowest BCUT2D eigenvalue weighted by molar-refractivity contribution is 0.117. The predicted molar refractivity (Wildman–Crippen MR) is 66.8 cm³/mol. The maximum atomic E-state index is 6.23. The van der Waals surface area contributed by atoms with Gasteiger partial charge in [0, 0.05) is 17.0 Å². The molecule has 1 aromatic rings. The second-order valence-corrected chi connectivity index (χ2v) is 4.83. The van der Waals surface area contributed by atoms with Gasteiger partial charge in [-0.15, -0.1) is 0 Å². The van der Waals surface area contributed by atoms with Crippen LogP contribution in [0.4, 0.5) is 0 Å². The lowest BCUT2D eigenvalue weighted by atomic mass is 9.91. The molecule has 1 fully saturated rings. The van der Waals surface area contributed by atoms with E-state index in [-0.39, 0.29) is 0 Å². The van der Waals surface area contributed by atoms with Gasteiger partial charge in [-0.3, -0.25) is 0 Å². The molecule has 3 atom stereocenters. The van der Waals surface area contributed by atoms with Gasteiger partial charge in [-0.05, 0) is 32.0 Å². The summed E-state index contributed by atoms with van der Waals surface area (Å²) in [6.45, 7) is 2.94. The molecule has 0 aromatic heterocycles. The summed E-state index contributed by atoms with van der Waals surface area (Å²) in [5.41, 5.74) is 1.18. The third kappa shape index (κ3) is 2.40. The lowest BCUT2D eigenvalue weighted by Gasteiger charge is -2.23. The smallest absolute Gasteiger partial charge is 0.0551 e. The molecule has 3 heteroatoms. The Bertz CT molecular complexity index is 356. The number of benzene rings is 1. The molecule has 0 bridgehead atoms. The highest BCUT2D eigenvalue weighted by Crippen LogP contribution is 2.34. The van der Waals surface area contributed by atoms with Crippen molar-refractivity contribution < 1.29 is 4.74 Å². The SMILES string of the molecule is CNC(c1ccccc1Cl)C1COC(C)C1. The van der Waals surface area contributed by atoms with Crippen molar-refractivity contribution in [1.82, 2.24) is 5.32 Å². The molecular weight excluding hydrogens is 222 g/mol. The van der Waals surface area contributed by atoms with Crippen molar-refractivity contribution in [1.29, 1.82) is 0 Å². The highest BCUT2D eigenvalue weighted by atomic mass is 35.5. The highest BCUT2D eigenvalue weighted by Gasteiger charge is 2.30. The van der Waals surface area contributed by atoms with E-state index in [4.69, 9.17) is 16.3 Å². The van der Waals surface area contributed by atoms with Crippen LogP contribution in [0.5, 0.6) is 0 Å². The van der Waals surface area contributed by atoms with Crippen molar-refractivity contribution in [3.05, 3.63) is 34.9 Å². The number of nitrogens with one attached hydrogen (secondary N) is 1. The van der Waals surface area contributed by atoms with Gasteiger partial charge in [-0.1, -0.05) is 29.8 Å². The summed E-state index contributed by atoms with van der Waals surface area (Å²) in [4.78, 5) is 0. The number of hydrogen-bond donors (Lipinski definition) is 1. The second kappa shape index (κ2) is 5.17. The average Bonchev–Trinajstić information content (AvgIpc) is 2.69. The van der Waals surface area contributed by atoms with E-state index in [2.05, 4.69) is 18.3 Å². The molecule has 2 rings (SSSR count). The van der Waals surface area contributed by atoms with Crippen LogP contribution in [0, 0.1) is 5.92 Å². The topological polar surface area (TPSA) is 21.3 Å². The first-order valence-corrected chi connectivity index (χ1v) is 6.13. The molecule has 0 amide bonds. The summed E-state index contributed by atoms with van der Waals surface area (Å²) in [5, 5.41) is 4.19. The fourth-order valence-corrected chi connectivity index (χ4v) is 2.71. The number of halogens is 1. The molecule has 88 valence electrons. The van der Waals surface area contributed by atoms with Gasteiger partial charge in [0.05, 0.1) is 12.7 Å². The zero-order chi connectivity index (χ0) is 11.5. The Balaban J connectivity index is 2.19. The minimum atomic E-state index is 0.290. The Morgan fingerprint density at radius 2 is 2.19 bits per heavy atom. The van der Waals surface area contributed by atoms with Crippen LogP contribution in [0.15, 0.2) is 24.3 Å². The maximum Gasteiger partial charge on any atom is 0.0551 e. The van der Waals surface area contributed by atoms with Crippen molar-refractivity contribution in [2.75, 3.05) is 13.7 Å². The van der Waals surface area contributed by atoms with Crippen LogP contribution in [0.25, 0.3) is 0 Å². The summed E-state index contributed by atoms with van der Waals surface area (Å²) >= 11 is 6.23. The first-order chi connectivity index (χ1) is 7.72. The number of hydrogen-bond acceptors (Lipinski definition) is 2. The summed E-state index contributed by atoms with van der Waals surface area (Å²) in [6, 6.07) is 8.32. The normalized spacial score (nSPS) is 26.9. The van der Waals surface area contributed by atoms with E-state index in [9.17, 15) is 0 Å². The third-order valence-corrected chi connectivity index (χ3v) is 3.60. The molecule has 1 N–H and O–H groups in total. The largest absolute Gasteiger partial charge is 0.378 e. The van der Waals surface area contributed by atoms with Crippen LogP contribution >= 0.6 is 11.6 Å². The first kappa shape index (κ1) is 11.9. The van der Waals surface area contributed by atoms with E-state index in [1.165, 1.54) is 5.56 Å². The Morgan fingerprint density at radius 1 is 1.44 bits per heavy atom. The molecule has 0 aliphatic carbocycles. The van der Waals surface area contributed by atoms with E-state index >= 15 is 0 Å². The lowest BCUT2D eigenvalue weighted by Crippen LogP contribution is -2.26. The fraction of sp³-hybridized carbons (Fsp3) is 0.538. The van der Waals surface area contributed by atoms with Crippen LogP contribution in [-0.4, -0.2) is 19.8 Å². The minimum Gasteiger partial charge on any atom is -0.378 e. The molecule has 1 aromatic carbocycles. The Kier molecular flexibility index (Phi) is 3.85. The van der Waals surface area contributed by atoms with Gasteiger partial charge in [-0.2, -0.15) is 0 Å². The zero-order valence-corrected chi connectivity index (χ0v) is 10.5. The highest BCUT2D eigenvalue weighted by molar-refractivity contribution is 6.31. The predicted octanol–water partition coefficient (Wildman–Crippen LogP) is 3.03. The van der Waals surface area contributed by atoms with E-state index in [1.54, 1.807) is 0 Å². The summed E-state index contributed by atoms with van der Waals surface area (Å²) < 4.78 is 5.63.